The van der Waals surface area contributed by atoms with Crippen LogP contribution in [0.25, 0.3) is 0 Å². The molecule has 106 valence electrons. The molecule has 5 nitrogen and oxygen atoms in total. The zero-order chi connectivity index (χ0) is 14.2. The normalized spacial score (nSPS) is 21.5. The van der Waals surface area contributed by atoms with Gasteiger partial charge in [-0.15, -0.1) is 0 Å². The van der Waals surface area contributed by atoms with Gasteiger partial charge in [0.25, 0.3) is 5.91 Å². The molecule has 1 amide bonds. The molecule has 1 fully saturated rings. The number of hydrogen-bond donors (Lipinski definition) is 1. The number of nitrogens with two attached hydrogens (primary N) is 1. The molecule has 2 N–H and O–H groups in total. The average molecular weight is 266 g/mol. The van der Waals surface area contributed by atoms with E-state index in [2.05, 4.69) is 0 Å². The molecule has 1 aromatic rings. The van der Waals surface area contributed by atoms with Gasteiger partial charge in [0.05, 0.1) is 18.3 Å². The molecular weight excluding hydrogens is 244 g/mol. The van der Waals surface area contributed by atoms with Crippen LogP contribution in [-0.4, -0.2) is 42.6 Å². The SMILES string of the molecule is Cc1oc(C)c(C(=O)N2CCOC(C(C)N)C2)c1C. The van der Waals surface area contributed by atoms with E-state index < -0.39 is 0 Å². The van der Waals surface area contributed by atoms with Gasteiger partial charge in [0.1, 0.15) is 11.5 Å². The van der Waals surface area contributed by atoms with Gasteiger partial charge < -0.3 is 19.8 Å². The van der Waals surface area contributed by atoms with Crippen molar-refractivity contribution >= 4 is 5.91 Å². The van der Waals surface area contributed by atoms with Crippen molar-refractivity contribution in [3.05, 3.63) is 22.6 Å². The largest absolute Gasteiger partial charge is 0.466 e. The highest BCUT2D eigenvalue weighted by Gasteiger charge is 2.30. The Morgan fingerprint density at radius 3 is 2.58 bits per heavy atom. The fraction of sp³-hybridized carbons (Fsp3) is 0.643. The maximum Gasteiger partial charge on any atom is 0.257 e. The molecule has 0 aliphatic carbocycles. The maximum atomic E-state index is 12.6. The Balaban J connectivity index is 2.19. The summed E-state index contributed by atoms with van der Waals surface area (Å²) in [5.41, 5.74) is 7.46. The lowest BCUT2D eigenvalue weighted by Crippen LogP contribution is -2.51. The molecule has 1 aliphatic rings. The molecule has 2 rings (SSSR count). The third-order valence-electron chi connectivity index (χ3n) is 3.74. The molecule has 0 aromatic carbocycles. The average Bonchev–Trinajstić information content (AvgIpc) is 2.62. The monoisotopic (exact) mass is 266 g/mol. The van der Waals surface area contributed by atoms with Crippen molar-refractivity contribution in [1.82, 2.24) is 4.90 Å². The zero-order valence-electron chi connectivity index (χ0n) is 12.0. The van der Waals surface area contributed by atoms with Crippen molar-refractivity contribution in [1.29, 1.82) is 0 Å². The van der Waals surface area contributed by atoms with Crippen molar-refractivity contribution in [2.24, 2.45) is 5.73 Å². The number of amides is 1. The second-order valence-corrected chi connectivity index (χ2v) is 5.23. The number of ether oxygens (including phenoxy) is 1. The van der Waals surface area contributed by atoms with Crippen molar-refractivity contribution in [3.8, 4) is 0 Å². The number of aryl methyl sites for hydroxylation is 2. The number of furan rings is 1. The summed E-state index contributed by atoms with van der Waals surface area (Å²) in [6.45, 7) is 9.21. The Hall–Kier alpha value is -1.33. The lowest BCUT2D eigenvalue weighted by atomic mass is 10.1. The third kappa shape index (κ3) is 2.67. The standard InChI is InChI=1S/C14H22N2O3/c1-8-10(3)19-11(4)13(8)14(17)16-5-6-18-12(7-16)9(2)15/h9,12H,5-7,15H2,1-4H3. The fourth-order valence-corrected chi connectivity index (χ4v) is 2.44. The van der Waals surface area contributed by atoms with Crippen LogP contribution in [0.3, 0.4) is 0 Å². The minimum absolute atomic E-state index is 0.0146. The van der Waals surface area contributed by atoms with Gasteiger partial charge in [0, 0.05) is 24.7 Å². The van der Waals surface area contributed by atoms with Crippen LogP contribution in [0.4, 0.5) is 0 Å². The number of nitrogens with zero attached hydrogens (tertiary/aromatic N) is 1. The lowest BCUT2D eigenvalue weighted by Gasteiger charge is -2.34. The van der Waals surface area contributed by atoms with Gasteiger partial charge in [-0.2, -0.15) is 0 Å². The van der Waals surface area contributed by atoms with Gasteiger partial charge in [-0.25, -0.2) is 0 Å². The number of morpholine rings is 1. The number of rotatable bonds is 2. The third-order valence-corrected chi connectivity index (χ3v) is 3.74. The molecule has 0 spiro atoms. The number of carbonyl (C=O) groups is 1. The topological polar surface area (TPSA) is 68.7 Å². The van der Waals surface area contributed by atoms with Crippen LogP contribution < -0.4 is 5.73 Å². The van der Waals surface area contributed by atoms with Crippen molar-refractivity contribution in [3.63, 3.8) is 0 Å². The van der Waals surface area contributed by atoms with E-state index in [1.165, 1.54) is 0 Å². The zero-order valence-corrected chi connectivity index (χ0v) is 12.0. The van der Waals surface area contributed by atoms with Crippen LogP contribution in [0.2, 0.25) is 0 Å². The highest BCUT2D eigenvalue weighted by Crippen LogP contribution is 2.23. The van der Waals surface area contributed by atoms with Crippen LogP contribution in [0, 0.1) is 20.8 Å². The highest BCUT2D eigenvalue weighted by molar-refractivity contribution is 5.97. The van der Waals surface area contributed by atoms with Crippen LogP contribution in [0.1, 0.15) is 34.4 Å². The summed E-state index contributed by atoms with van der Waals surface area (Å²) in [5, 5.41) is 0. The first-order chi connectivity index (χ1) is 8.91. The molecule has 2 unspecified atom stereocenters. The summed E-state index contributed by atoms with van der Waals surface area (Å²) < 4.78 is 11.1. The first kappa shape index (κ1) is 14.1. The summed E-state index contributed by atoms with van der Waals surface area (Å²) >= 11 is 0. The molecule has 1 saturated heterocycles. The summed E-state index contributed by atoms with van der Waals surface area (Å²) in [7, 11) is 0. The first-order valence-corrected chi connectivity index (χ1v) is 6.65. The van der Waals surface area contributed by atoms with Gasteiger partial charge >= 0.3 is 0 Å². The van der Waals surface area contributed by atoms with Crippen molar-refractivity contribution in [2.75, 3.05) is 19.7 Å². The van der Waals surface area contributed by atoms with E-state index in [0.29, 0.717) is 31.0 Å². The van der Waals surface area contributed by atoms with Gasteiger partial charge in [-0.05, 0) is 27.7 Å². The lowest BCUT2D eigenvalue weighted by molar-refractivity contribution is -0.0300. The maximum absolute atomic E-state index is 12.6. The van der Waals surface area contributed by atoms with Crippen LogP contribution in [0.5, 0.6) is 0 Å². The molecular formula is C14H22N2O3. The predicted octanol–water partition coefficient (Wildman–Crippen LogP) is 1.39. The number of hydrogen-bond acceptors (Lipinski definition) is 4. The molecule has 19 heavy (non-hydrogen) atoms. The Kier molecular flexibility index (Phi) is 3.96. The molecule has 2 heterocycles. The van der Waals surface area contributed by atoms with Crippen molar-refractivity contribution < 1.29 is 13.9 Å². The van der Waals surface area contributed by atoms with Crippen LogP contribution in [-0.2, 0) is 4.74 Å². The van der Waals surface area contributed by atoms with E-state index in [1.807, 2.05) is 32.6 Å². The van der Waals surface area contributed by atoms with Crippen molar-refractivity contribution in [2.45, 2.75) is 39.8 Å². The van der Waals surface area contributed by atoms with Gasteiger partial charge in [-0.3, -0.25) is 4.79 Å². The Labute approximate surface area is 113 Å². The molecule has 1 aliphatic heterocycles. The number of carbonyl (C=O) groups excluding carboxylic acids is 1. The summed E-state index contributed by atoms with van der Waals surface area (Å²) in [6, 6.07) is -0.0797. The highest BCUT2D eigenvalue weighted by atomic mass is 16.5. The molecule has 0 radical (unpaired) electrons. The molecule has 1 aromatic heterocycles. The van der Waals surface area contributed by atoms with E-state index >= 15 is 0 Å². The van der Waals surface area contributed by atoms with E-state index in [-0.39, 0.29) is 18.1 Å². The predicted molar refractivity (Wildman–Crippen MR) is 72.2 cm³/mol. The Morgan fingerprint density at radius 2 is 2.05 bits per heavy atom. The van der Waals surface area contributed by atoms with Gasteiger partial charge in [0.2, 0.25) is 0 Å². The Morgan fingerprint density at radius 1 is 1.37 bits per heavy atom. The van der Waals surface area contributed by atoms with Gasteiger partial charge in [-0.1, -0.05) is 0 Å². The second-order valence-electron chi connectivity index (χ2n) is 5.23. The summed E-state index contributed by atoms with van der Waals surface area (Å²) in [5.74, 6) is 1.50. The van der Waals surface area contributed by atoms with E-state index in [9.17, 15) is 4.79 Å². The van der Waals surface area contributed by atoms with Gasteiger partial charge in [0.15, 0.2) is 0 Å². The Bertz CT molecular complexity index is 479. The second kappa shape index (κ2) is 5.35. The first-order valence-electron chi connectivity index (χ1n) is 6.65. The molecule has 0 bridgehead atoms. The molecule has 2 atom stereocenters. The quantitative estimate of drug-likeness (QED) is 0.878. The smallest absolute Gasteiger partial charge is 0.257 e. The molecule has 5 heteroatoms. The van der Waals surface area contributed by atoms with E-state index in [4.69, 9.17) is 14.9 Å². The molecule has 0 saturated carbocycles. The van der Waals surface area contributed by atoms with E-state index in [1.54, 1.807) is 0 Å². The fourth-order valence-electron chi connectivity index (χ4n) is 2.44. The minimum Gasteiger partial charge on any atom is -0.466 e. The van der Waals surface area contributed by atoms with E-state index in [0.717, 1.165) is 11.3 Å². The van der Waals surface area contributed by atoms with Crippen LogP contribution in [0.15, 0.2) is 4.42 Å². The summed E-state index contributed by atoms with van der Waals surface area (Å²) in [4.78, 5) is 14.4. The minimum atomic E-state index is -0.0914. The summed E-state index contributed by atoms with van der Waals surface area (Å²) in [6.07, 6.45) is -0.0914. The van der Waals surface area contributed by atoms with Crippen LogP contribution >= 0.6 is 0 Å².